The Bertz CT molecular complexity index is 3530. The van der Waals surface area contributed by atoms with E-state index in [0.29, 0.717) is 11.4 Å². The maximum Gasteiger partial charge on any atom is 0.274 e. The third-order valence-corrected chi connectivity index (χ3v) is 11.7. The third-order valence-electron chi connectivity index (χ3n) is 11.7. The number of rotatable bonds is 9. The van der Waals surface area contributed by atoms with Crippen LogP contribution in [0.4, 0.5) is 5.69 Å². The van der Waals surface area contributed by atoms with Gasteiger partial charge in [-0.25, -0.2) is 15.0 Å². The molecule has 7 heterocycles. The van der Waals surface area contributed by atoms with Crippen LogP contribution in [0, 0.1) is 0 Å². The lowest BCUT2D eigenvalue weighted by Crippen LogP contribution is -2.25. The van der Waals surface area contributed by atoms with Gasteiger partial charge in [0.2, 0.25) is 0 Å². The van der Waals surface area contributed by atoms with Gasteiger partial charge in [0.25, 0.3) is 11.8 Å². The number of benzene rings is 4. The summed E-state index contributed by atoms with van der Waals surface area (Å²) in [6, 6.07) is 57.4. The molecule has 2 aliphatic heterocycles. The number of carbonyl (C=O) groups is 2. The molecule has 2 amide bonds. The van der Waals surface area contributed by atoms with E-state index in [9.17, 15) is 9.59 Å². The molecule has 0 unspecified atom stereocenters. The fourth-order valence-corrected chi connectivity index (χ4v) is 8.60. The number of carbonyl (C=O) groups excluding carboxylic acids is 2. The standard InChI is InChI=1S/C57H40N8O2/c66-56(59-35-41-19-10-11-34-58-41)50-20-12-21-51(65-50)57(67)60-40-24-22-39(23-25-40)55-48-32-30-46(63-48)53(37-15-6-2-7-16-37)44-28-26-42(61-44)52(36-13-4-1-5-14-36)43-27-29-45(62-43)54(38-17-8-3-9-18-38)47-31-33-49(55)64-47/h1-34,61,64H,35H2,(H,59,66)(H,60,67). The molecule has 0 saturated heterocycles. The van der Waals surface area contributed by atoms with Gasteiger partial charge in [0.15, 0.2) is 0 Å². The molecule has 11 rings (SSSR count). The summed E-state index contributed by atoms with van der Waals surface area (Å²) in [5, 5.41) is 5.78. The minimum absolute atomic E-state index is 0.111. The zero-order valence-corrected chi connectivity index (χ0v) is 35.9. The maximum atomic E-state index is 13.6. The fraction of sp³-hybridized carbons (Fsp3) is 0.0175. The molecule has 9 aromatic rings. The molecular weight excluding hydrogens is 829 g/mol. The number of hydrogen-bond acceptors (Lipinski definition) is 6. The van der Waals surface area contributed by atoms with Gasteiger partial charge in [-0.05, 0) is 107 Å². The third kappa shape index (κ3) is 8.22. The van der Waals surface area contributed by atoms with Crippen LogP contribution < -0.4 is 10.6 Å². The Morgan fingerprint density at radius 1 is 0.403 bits per heavy atom. The molecule has 0 aliphatic carbocycles. The van der Waals surface area contributed by atoms with Crippen LogP contribution in [0.15, 0.2) is 182 Å². The Kier molecular flexibility index (Phi) is 10.7. The summed E-state index contributed by atoms with van der Waals surface area (Å²) in [4.78, 5) is 53.5. The number of amides is 2. The molecule has 0 saturated carbocycles. The topological polar surface area (TPSA) is 141 Å². The minimum atomic E-state index is -0.445. The summed E-state index contributed by atoms with van der Waals surface area (Å²) < 4.78 is 0. The first-order valence-corrected chi connectivity index (χ1v) is 21.9. The number of nitrogens with zero attached hydrogens (tertiary/aromatic N) is 4. The molecule has 10 heteroatoms. The van der Waals surface area contributed by atoms with Crippen LogP contribution >= 0.6 is 0 Å². The fourth-order valence-electron chi connectivity index (χ4n) is 8.60. The molecular formula is C57H40N8O2. The lowest BCUT2D eigenvalue weighted by Gasteiger charge is -2.09. The van der Waals surface area contributed by atoms with E-state index in [1.165, 1.54) is 0 Å². The normalized spacial score (nSPS) is 11.6. The lowest BCUT2D eigenvalue weighted by atomic mass is 10.0. The molecule has 0 radical (unpaired) electrons. The van der Waals surface area contributed by atoms with Crippen molar-refractivity contribution in [2.45, 2.75) is 6.54 Å². The van der Waals surface area contributed by atoms with Crippen molar-refractivity contribution in [3.63, 3.8) is 0 Å². The number of aromatic amines is 2. The van der Waals surface area contributed by atoms with E-state index in [1.54, 1.807) is 24.4 Å². The Morgan fingerprint density at radius 2 is 0.821 bits per heavy atom. The highest BCUT2D eigenvalue weighted by Gasteiger charge is 2.20. The quantitative estimate of drug-likeness (QED) is 0.114. The Balaban J connectivity index is 1.05. The van der Waals surface area contributed by atoms with Crippen LogP contribution in [-0.4, -0.2) is 41.7 Å². The summed E-state index contributed by atoms with van der Waals surface area (Å²) in [5.41, 5.74) is 16.1. The van der Waals surface area contributed by atoms with E-state index >= 15 is 0 Å². The molecule has 0 atom stereocenters. The Labute approximate surface area is 385 Å². The van der Waals surface area contributed by atoms with Gasteiger partial charge >= 0.3 is 0 Å². The first-order chi connectivity index (χ1) is 33.0. The van der Waals surface area contributed by atoms with Crippen LogP contribution in [0.3, 0.4) is 0 Å². The number of fused-ring (bicyclic) bond motifs is 8. The molecule has 4 aromatic carbocycles. The van der Waals surface area contributed by atoms with Crippen molar-refractivity contribution >= 4 is 63.9 Å². The molecule has 2 aliphatic rings. The van der Waals surface area contributed by atoms with Crippen molar-refractivity contribution in [1.82, 2.24) is 35.2 Å². The second kappa shape index (κ2) is 17.7. The number of aromatic nitrogens is 6. The number of H-pyrrole nitrogens is 2. The zero-order chi connectivity index (χ0) is 45.1. The van der Waals surface area contributed by atoms with E-state index in [4.69, 9.17) is 9.97 Å². The highest BCUT2D eigenvalue weighted by Crippen LogP contribution is 2.38. The first-order valence-electron chi connectivity index (χ1n) is 21.9. The smallest absolute Gasteiger partial charge is 0.274 e. The van der Waals surface area contributed by atoms with Gasteiger partial charge in [-0.2, -0.15) is 0 Å². The predicted octanol–water partition coefficient (Wildman–Crippen LogP) is 12.3. The molecule has 320 valence electrons. The van der Waals surface area contributed by atoms with E-state index in [2.05, 4.69) is 128 Å². The maximum absolute atomic E-state index is 13.6. The van der Waals surface area contributed by atoms with Crippen molar-refractivity contribution in [3.05, 3.63) is 222 Å². The van der Waals surface area contributed by atoms with Gasteiger partial charge in [-0.15, -0.1) is 0 Å². The van der Waals surface area contributed by atoms with E-state index in [0.717, 1.165) is 89.4 Å². The Morgan fingerprint density at radius 3 is 1.25 bits per heavy atom. The van der Waals surface area contributed by atoms with Crippen molar-refractivity contribution in [1.29, 1.82) is 0 Å². The van der Waals surface area contributed by atoms with Crippen LogP contribution in [0.5, 0.6) is 0 Å². The predicted molar refractivity (Wildman–Crippen MR) is 268 cm³/mol. The van der Waals surface area contributed by atoms with Gasteiger partial charge < -0.3 is 20.6 Å². The van der Waals surface area contributed by atoms with Crippen molar-refractivity contribution in [2.75, 3.05) is 5.32 Å². The van der Waals surface area contributed by atoms with E-state index in [1.807, 2.05) is 84.9 Å². The van der Waals surface area contributed by atoms with Crippen molar-refractivity contribution < 1.29 is 9.59 Å². The summed E-state index contributed by atoms with van der Waals surface area (Å²) in [5.74, 6) is -0.849. The van der Waals surface area contributed by atoms with Crippen LogP contribution in [0.2, 0.25) is 0 Å². The number of anilines is 1. The minimum Gasteiger partial charge on any atom is -0.354 e. The largest absolute Gasteiger partial charge is 0.354 e. The molecule has 67 heavy (non-hydrogen) atoms. The second-order valence-electron chi connectivity index (χ2n) is 16.0. The number of nitrogens with one attached hydrogen (secondary N) is 4. The summed E-state index contributed by atoms with van der Waals surface area (Å²) >= 11 is 0. The summed E-state index contributed by atoms with van der Waals surface area (Å²) in [6.07, 6.45) is 9.99. The summed E-state index contributed by atoms with van der Waals surface area (Å²) in [6.45, 7) is 0.238. The summed E-state index contributed by atoms with van der Waals surface area (Å²) in [7, 11) is 0. The van der Waals surface area contributed by atoms with Gasteiger partial charge in [0.1, 0.15) is 11.4 Å². The van der Waals surface area contributed by atoms with Gasteiger partial charge in [0, 0.05) is 56.2 Å². The van der Waals surface area contributed by atoms with Gasteiger partial charge in [0.05, 0.1) is 35.0 Å². The van der Waals surface area contributed by atoms with Crippen molar-refractivity contribution in [2.24, 2.45) is 0 Å². The zero-order valence-electron chi connectivity index (χ0n) is 35.9. The van der Waals surface area contributed by atoms with Crippen molar-refractivity contribution in [3.8, 4) is 44.5 Å². The molecule has 8 bridgehead atoms. The molecule has 5 aromatic heterocycles. The monoisotopic (exact) mass is 868 g/mol. The van der Waals surface area contributed by atoms with Gasteiger partial charge in [-0.3, -0.25) is 14.6 Å². The van der Waals surface area contributed by atoms with Gasteiger partial charge in [-0.1, -0.05) is 115 Å². The first kappa shape index (κ1) is 40.5. The number of hydrogen-bond donors (Lipinski definition) is 4. The van der Waals surface area contributed by atoms with Crippen LogP contribution in [0.25, 0.3) is 90.9 Å². The average Bonchev–Trinajstić information content (AvgIpc) is 4.24. The SMILES string of the molecule is O=C(NCc1ccccn1)c1cccc(C(=O)Nc2ccc(-c3c4nc(c(-c5ccccc5)c5ccc([nH]5)c(-c5ccccc5)c5nc(c(-c6ccccc6)c6ccc3[nH]6)C=C5)C=C4)cc2)n1. The van der Waals surface area contributed by atoms with Crippen LogP contribution in [0.1, 0.15) is 49.4 Å². The molecule has 10 nitrogen and oxygen atoms in total. The number of pyridine rings is 2. The highest BCUT2D eigenvalue weighted by molar-refractivity contribution is 6.04. The lowest BCUT2D eigenvalue weighted by molar-refractivity contribution is 0.0945. The molecule has 0 fully saturated rings. The van der Waals surface area contributed by atoms with E-state index in [-0.39, 0.29) is 17.9 Å². The molecule has 0 spiro atoms. The van der Waals surface area contributed by atoms with E-state index < -0.39 is 11.8 Å². The highest BCUT2D eigenvalue weighted by atomic mass is 16.2. The van der Waals surface area contributed by atoms with Crippen LogP contribution in [-0.2, 0) is 6.54 Å². The average molecular weight is 869 g/mol. The molecule has 4 N–H and O–H groups in total. The second-order valence-corrected chi connectivity index (χ2v) is 16.0. The Hall–Kier alpha value is -9.28.